The Hall–Kier alpha value is -2.65. The molecule has 182 valence electrons. The summed E-state index contributed by atoms with van der Waals surface area (Å²) in [6, 6.07) is 9.44. The number of rotatable bonds is 5. The van der Waals surface area contributed by atoms with Gasteiger partial charge in [0.05, 0.1) is 32.9 Å². The number of nitrogens with one attached hydrogen (secondary N) is 2. The van der Waals surface area contributed by atoms with Crippen LogP contribution in [0.2, 0.25) is 10.0 Å². The van der Waals surface area contributed by atoms with Crippen molar-refractivity contribution in [2.45, 2.75) is 10.3 Å². The third-order valence-electron chi connectivity index (χ3n) is 5.45. The van der Waals surface area contributed by atoms with E-state index in [-0.39, 0.29) is 32.7 Å². The van der Waals surface area contributed by atoms with E-state index in [2.05, 4.69) is 10.6 Å². The van der Waals surface area contributed by atoms with E-state index in [9.17, 15) is 22.8 Å². The van der Waals surface area contributed by atoms with Crippen molar-refractivity contribution in [3.05, 3.63) is 87.2 Å². The number of hydrogen-bond donors (Lipinski definition) is 3. The molecule has 2 atom stereocenters. The van der Waals surface area contributed by atoms with Crippen molar-refractivity contribution in [2.24, 2.45) is 5.92 Å². The lowest BCUT2D eigenvalue weighted by atomic mass is 10.1. The van der Waals surface area contributed by atoms with Crippen molar-refractivity contribution in [1.82, 2.24) is 0 Å². The van der Waals surface area contributed by atoms with Gasteiger partial charge in [-0.15, -0.1) is 23.2 Å². The van der Waals surface area contributed by atoms with Gasteiger partial charge in [-0.2, -0.15) is 0 Å². The fourth-order valence-electron chi connectivity index (χ4n) is 3.62. The molecule has 0 unspecified atom stereocenters. The van der Waals surface area contributed by atoms with E-state index in [0.717, 1.165) is 12.1 Å². The molecule has 35 heavy (non-hydrogen) atoms. The molecule has 0 radical (unpaired) electrons. The van der Waals surface area contributed by atoms with E-state index in [1.54, 1.807) is 0 Å². The van der Waals surface area contributed by atoms with Gasteiger partial charge in [-0.25, -0.2) is 13.2 Å². The molecular formula is C23H14Cl4F3N3O2. The maximum atomic E-state index is 14.0. The first-order valence-electron chi connectivity index (χ1n) is 9.89. The highest BCUT2D eigenvalue weighted by molar-refractivity contribution is 6.53. The van der Waals surface area contributed by atoms with Gasteiger partial charge in [0, 0.05) is 17.7 Å². The Balaban J connectivity index is 1.52. The molecule has 4 N–H and O–H groups in total. The third kappa shape index (κ3) is 5.02. The van der Waals surface area contributed by atoms with Crippen LogP contribution in [0.4, 0.5) is 30.2 Å². The number of nitrogen functional groups attached to an aromatic ring is 1. The maximum absolute atomic E-state index is 14.0. The van der Waals surface area contributed by atoms with Gasteiger partial charge in [0.15, 0.2) is 0 Å². The fourth-order valence-corrected chi connectivity index (χ4v) is 4.84. The molecule has 3 aromatic rings. The van der Waals surface area contributed by atoms with Gasteiger partial charge in [0.2, 0.25) is 5.91 Å². The van der Waals surface area contributed by atoms with Crippen LogP contribution in [0.15, 0.2) is 48.5 Å². The first-order chi connectivity index (χ1) is 16.4. The highest BCUT2D eigenvalue weighted by atomic mass is 35.5. The Morgan fingerprint density at radius 1 is 0.857 bits per heavy atom. The number of benzene rings is 3. The van der Waals surface area contributed by atoms with Crippen LogP contribution in [-0.2, 0) is 4.79 Å². The summed E-state index contributed by atoms with van der Waals surface area (Å²) in [7, 11) is 0. The summed E-state index contributed by atoms with van der Waals surface area (Å²) in [5, 5.41) is 4.73. The first kappa shape index (κ1) is 25.4. The van der Waals surface area contributed by atoms with Gasteiger partial charge in [-0.1, -0.05) is 29.3 Å². The van der Waals surface area contributed by atoms with E-state index in [4.69, 9.17) is 52.1 Å². The molecule has 4 rings (SSSR count). The van der Waals surface area contributed by atoms with E-state index >= 15 is 0 Å². The minimum absolute atomic E-state index is 0.00489. The standard InChI is InChI=1S/C23H14Cl4F3N3O2/c24-12-3-2-10(6-11(12)21(34)33-18-8-17(31)15(29)7-16(18)30)32-22(35)20-19(23(20,26)27)9-1-4-14(28)13(25)5-9/h1-8,19-20H,31H2,(H,32,35)(H,33,34)/t19-,20+/m0/s1. The zero-order chi connectivity index (χ0) is 25.7. The van der Waals surface area contributed by atoms with Gasteiger partial charge in [0.25, 0.3) is 5.91 Å². The predicted octanol–water partition coefficient (Wildman–Crippen LogP) is 6.77. The van der Waals surface area contributed by atoms with E-state index in [1.807, 2.05) is 0 Å². The summed E-state index contributed by atoms with van der Waals surface area (Å²) in [4.78, 5) is 25.5. The van der Waals surface area contributed by atoms with Crippen LogP contribution in [0, 0.1) is 23.4 Å². The Bertz CT molecular complexity index is 1370. The summed E-state index contributed by atoms with van der Waals surface area (Å²) >= 11 is 24.5. The average molecular weight is 563 g/mol. The van der Waals surface area contributed by atoms with Crippen molar-refractivity contribution in [3.8, 4) is 0 Å². The van der Waals surface area contributed by atoms with Crippen LogP contribution < -0.4 is 16.4 Å². The molecule has 2 amide bonds. The number of carbonyl (C=O) groups excluding carboxylic acids is 2. The number of alkyl halides is 2. The number of hydrogen-bond acceptors (Lipinski definition) is 3. The molecule has 1 aliphatic rings. The van der Waals surface area contributed by atoms with Crippen molar-refractivity contribution >= 4 is 75.3 Å². The molecule has 1 fully saturated rings. The monoisotopic (exact) mass is 561 g/mol. The molecule has 12 heteroatoms. The summed E-state index contributed by atoms with van der Waals surface area (Å²) < 4.78 is 39.4. The minimum Gasteiger partial charge on any atom is -0.396 e. The van der Waals surface area contributed by atoms with Crippen LogP contribution in [-0.4, -0.2) is 16.1 Å². The molecule has 5 nitrogen and oxygen atoms in total. The Kier molecular flexibility index (Phi) is 6.85. The van der Waals surface area contributed by atoms with Crippen molar-refractivity contribution in [2.75, 3.05) is 16.4 Å². The van der Waals surface area contributed by atoms with Crippen LogP contribution in [0.5, 0.6) is 0 Å². The van der Waals surface area contributed by atoms with Gasteiger partial charge in [-0.3, -0.25) is 9.59 Å². The number of anilines is 3. The van der Waals surface area contributed by atoms with Crippen molar-refractivity contribution in [3.63, 3.8) is 0 Å². The predicted molar refractivity (Wildman–Crippen MR) is 131 cm³/mol. The van der Waals surface area contributed by atoms with Gasteiger partial charge >= 0.3 is 0 Å². The molecule has 0 heterocycles. The summed E-state index contributed by atoms with van der Waals surface area (Å²) in [5.41, 5.74) is 5.27. The van der Waals surface area contributed by atoms with E-state index in [1.165, 1.54) is 30.3 Å². The van der Waals surface area contributed by atoms with Crippen molar-refractivity contribution < 1.29 is 22.8 Å². The van der Waals surface area contributed by atoms with Gasteiger partial charge in [0.1, 0.15) is 21.8 Å². The molecule has 3 aromatic carbocycles. The zero-order valence-corrected chi connectivity index (χ0v) is 20.3. The third-order valence-corrected chi connectivity index (χ3v) is 7.01. The Morgan fingerprint density at radius 3 is 2.26 bits per heavy atom. The lowest BCUT2D eigenvalue weighted by Gasteiger charge is -2.11. The van der Waals surface area contributed by atoms with Gasteiger partial charge < -0.3 is 16.4 Å². The normalized spacial score (nSPS) is 18.1. The lowest BCUT2D eigenvalue weighted by Crippen LogP contribution is -2.18. The largest absolute Gasteiger partial charge is 0.396 e. The SMILES string of the molecule is Nc1cc(NC(=O)c2cc(NC(=O)[C@H]3[C@H](c4ccc(F)c(Cl)c4)C3(Cl)Cl)ccc2Cl)c(F)cc1F. The smallest absolute Gasteiger partial charge is 0.257 e. The second kappa shape index (κ2) is 9.43. The quantitative estimate of drug-likeness (QED) is 0.237. The zero-order valence-electron chi connectivity index (χ0n) is 17.3. The lowest BCUT2D eigenvalue weighted by molar-refractivity contribution is -0.117. The molecule has 0 aliphatic heterocycles. The molecule has 1 aliphatic carbocycles. The molecule has 0 bridgehead atoms. The summed E-state index contributed by atoms with van der Waals surface area (Å²) in [6.07, 6.45) is 0. The second-order valence-corrected chi connectivity index (χ2v) is 10.1. The highest BCUT2D eigenvalue weighted by Gasteiger charge is 2.67. The van der Waals surface area contributed by atoms with Crippen LogP contribution in [0.3, 0.4) is 0 Å². The van der Waals surface area contributed by atoms with Crippen LogP contribution >= 0.6 is 46.4 Å². The van der Waals surface area contributed by atoms with E-state index in [0.29, 0.717) is 11.6 Å². The molecule has 0 saturated heterocycles. The summed E-state index contributed by atoms with van der Waals surface area (Å²) in [6.45, 7) is 0. The molecule has 0 spiro atoms. The van der Waals surface area contributed by atoms with Crippen LogP contribution in [0.25, 0.3) is 0 Å². The number of nitrogens with two attached hydrogens (primary N) is 1. The number of carbonyl (C=O) groups is 2. The highest BCUT2D eigenvalue weighted by Crippen LogP contribution is 2.65. The molecular weight excluding hydrogens is 549 g/mol. The minimum atomic E-state index is -1.46. The van der Waals surface area contributed by atoms with Crippen LogP contribution in [0.1, 0.15) is 21.8 Å². The second-order valence-electron chi connectivity index (χ2n) is 7.79. The number of amides is 2. The van der Waals surface area contributed by atoms with Gasteiger partial charge in [-0.05, 0) is 42.0 Å². The Morgan fingerprint density at radius 2 is 1.57 bits per heavy atom. The maximum Gasteiger partial charge on any atom is 0.257 e. The fraction of sp³-hybridized carbons (Fsp3) is 0.130. The van der Waals surface area contributed by atoms with E-state index < -0.39 is 45.4 Å². The van der Waals surface area contributed by atoms with Crippen molar-refractivity contribution in [1.29, 1.82) is 0 Å². The topological polar surface area (TPSA) is 84.2 Å². The average Bonchev–Trinajstić information content (AvgIpc) is 3.37. The Labute approximate surface area is 217 Å². The number of halogens is 7. The molecule has 0 aromatic heterocycles. The summed E-state index contributed by atoms with van der Waals surface area (Å²) in [5.74, 6) is -5.56. The molecule has 1 saturated carbocycles. The first-order valence-corrected chi connectivity index (χ1v) is 11.4.